The topological polar surface area (TPSA) is 95.6 Å². The minimum Gasteiger partial charge on any atom is -0.354 e. The molecular weight excluding hydrogens is 434 g/mol. The number of nitrogens with zero attached hydrogens (tertiary/aromatic N) is 1. The van der Waals surface area contributed by atoms with Crippen LogP contribution in [0.1, 0.15) is 38.2 Å². The first-order chi connectivity index (χ1) is 12.7. The van der Waals surface area contributed by atoms with Gasteiger partial charge in [-0.15, -0.1) is 0 Å². The van der Waals surface area contributed by atoms with Crippen molar-refractivity contribution in [2.75, 3.05) is 24.2 Å². The number of aryl methyl sites for hydroxylation is 1. The first kappa shape index (κ1) is 21.8. The summed E-state index contributed by atoms with van der Waals surface area (Å²) in [6.45, 7) is 4.24. The highest BCUT2D eigenvalue weighted by Gasteiger charge is 2.37. The summed E-state index contributed by atoms with van der Waals surface area (Å²) in [4.78, 5) is 24.5. The van der Waals surface area contributed by atoms with Gasteiger partial charge in [-0.1, -0.05) is 28.9 Å². The second kappa shape index (κ2) is 9.66. The second-order valence-electron chi connectivity index (χ2n) is 6.63. The molecule has 1 aromatic carbocycles. The van der Waals surface area contributed by atoms with E-state index in [0.29, 0.717) is 31.5 Å². The van der Waals surface area contributed by atoms with Crippen molar-refractivity contribution < 1.29 is 18.0 Å². The molecular formula is C18H26BrN3O4S. The lowest BCUT2D eigenvalue weighted by Gasteiger charge is -2.23. The molecule has 0 spiro atoms. The van der Waals surface area contributed by atoms with E-state index < -0.39 is 16.1 Å². The number of benzene rings is 1. The Morgan fingerprint density at radius 2 is 2.07 bits per heavy atom. The summed E-state index contributed by atoms with van der Waals surface area (Å²) >= 11 is 3.37. The van der Waals surface area contributed by atoms with Gasteiger partial charge in [0.15, 0.2) is 0 Å². The number of nitrogens with one attached hydrogen (secondary N) is 2. The van der Waals surface area contributed by atoms with E-state index in [9.17, 15) is 18.0 Å². The maximum absolute atomic E-state index is 12.4. The van der Waals surface area contributed by atoms with E-state index in [-0.39, 0.29) is 30.5 Å². The Kier molecular flexibility index (Phi) is 7.81. The Hall–Kier alpha value is -1.45. The van der Waals surface area contributed by atoms with Crippen molar-refractivity contribution in [3.8, 4) is 0 Å². The lowest BCUT2D eigenvalue weighted by Crippen LogP contribution is -2.47. The van der Waals surface area contributed by atoms with Crippen LogP contribution >= 0.6 is 15.9 Å². The Balaban J connectivity index is 1.84. The smallest absolute Gasteiger partial charge is 0.238 e. The van der Waals surface area contributed by atoms with E-state index in [2.05, 4.69) is 26.6 Å². The molecule has 1 atom stereocenters. The summed E-state index contributed by atoms with van der Waals surface area (Å²) < 4.78 is 26.7. The summed E-state index contributed by atoms with van der Waals surface area (Å²) in [5.41, 5.74) is 1.66. The lowest BCUT2D eigenvalue weighted by molar-refractivity contribution is -0.124. The number of hydrogen-bond acceptors (Lipinski definition) is 4. The second-order valence-corrected chi connectivity index (χ2v) is 9.59. The molecule has 7 nitrogen and oxygen atoms in total. The molecule has 1 saturated heterocycles. The zero-order valence-electron chi connectivity index (χ0n) is 15.6. The average molecular weight is 460 g/mol. The quantitative estimate of drug-likeness (QED) is 0.623. The van der Waals surface area contributed by atoms with Crippen molar-refractivity contribution in [1.82, 2.24) is 9.62 Å². The molecule has 0 saturated carbocycles. The van der Waals surface area contributed by atoms with Crippen LogP contribution in [0.4, 0.5) is 5.69 Å². The number of amides is 2. The van der Waals surface area contributed by atoms with Gasteiger partial charge in [-0.25, -0.2) is 8.42 Å². The molecule has 1 heterocycles. The zero-order chi connectivity index (χ0) is 20.0. The minimum atomic E-state index is -3.41. The van der Waals surface area contributed by atoms with Gasteiger partial charge in [0.05, 0.1) is 5.75 Å². The van der Waals surface area contributed by atoms with E-state index in [1.807, 2.05) is 25.1 Å². The Morgan fingerprint density at radius 1 is 1.33 bits per heavy atom. The molecule has 1 aromatic rings. The van der Waals surface area contributed by atoms with Crippen LogP contribution in [0.15, 0.2) is 22.7 Å². The van der Waals surface area contributed by atoms with Crippen LogP contribution in [0.25, 0.3) is 0 Å². The molecule has 1 aliphatic rings. The van der Waals surface area contributed by atoms with Crippen LogP contribution in [0.5, 0.6) is 0 Å². The third-order valence-electron chi connectivity index (χ3n) is 4.45. The molecule has 2 rings (SSSR count). The summed E-state index contributed by atoms with van der Waals surface area (Å²) in [5.74, 6) is -0.498. The van der Waals surface area contributed by atoms with Gasteiger partial charge in [0.1, 0.15) is 6.04 Å². The third kappa shape index (κ3) is 6.02. The van der Waals surface area contributed by atoms with E-state index in [4.69, 9.17) is 0 Å². The highest BCUT2D eigenvalue weighted by atomic mass is 79.9. The first-order valence-electron chi connectivity index (χ1n) is 9.08. The van der Waals surface area contributed by atoms with Crippen molar-refractivity contribution in [1.29, 1.82) is 0 Å². The van der Waals surface area contributed by atoms with Crippen LogP contribution < -0.4 is 10.6 Å². The standard InChI is InChI=1S/C18H26BrN3O4S/c1-3-11-27(25,26)22-10-4-5-16(22)18(24)20-9-8-17(23)21-15-12-14(19)7-6-13(15)2/h6-7,12,16H,3-5,8-11H2,1-2H3,(H,20,24)(H,21,23). The summed E-state index contributed by atoms with van der Waals surface area (Å²) in [6, 6.07) is 4.94. The van der Waals surface area contributed by atoms with Gasteiger partial charge in [0.2, 0.25) is 21.8 Å². The molecule has 150 valence electrons. The number of carbonyl (C=O) groups excluding carboxylic acids is 2. The first-order valence-corrected chi connectivity index (χ1v) is 11.5. The fourth-order valence-electron chi connectivity index (χ4n) is 3.07. The predicted octanol–water partition coefficient (Wildman–Crippen LogP) is 2.41. The number of carbonyl (C=O) groups is 2. The molecule has 2 amide bonds. The summed E-state index contributed by atoms with van der Waals surface area (Å²) in [5, 5.41) is 5.51. The Bertz CT molecular complexity index is 798. The Labute approximate surface area is 169 Å². The molecule has 0 aromatic heterocycles. The van der Waals surface area contributed by atoms with Crippen LogP contribution in [0.3, 0.4) is 0 Å². The SMILES string of the molecule is CCCS(=O)(=O)N1CCCC1C(=O)NCCC(=O)Nc1cc(Br)ccc1C. The molecule has 1 fully saturated rings. The Morgan fingerprint density at radius 3 is 2.78 bits per heavy atom. The minimum absolute atomic E-state index is 0.0468. The maximum atomic E-state index is 12.4. The average Bonchev–Trinajstić information content (AvgIpc) is 3.09. The normalized spacial score (nSPS) is 17.7. The van der Waals surface area contributed by atoms with Gasteiger partial charge in [-0.05, 0) is 43.9 Å². The number of sulfonamides is 1. The van der Waals surface area contributed by atoms with Crippen molar-refractivity contribution in [3.05, 3.63) is 28.2 Å². The van der Waals surface area contributed by atoms with Gasteiger partial charge in [0, 0.05) is 29.7 Å². The number of rotatable bonds is 8. The third-order valence-corrected chi connectivity index (χ3v) is 7.02. The molecule has 1 unspecified atom stereocenters. The molecule has 9 heteroatoms. The number of hydrogen-bond donors (Lipinski definition) is 2. The van der Waals surface area contributed by atoms with Crippen molar-refractivity contribution >= 4 is 43.5 Å². The largest absolute Gasteiger partial charge is 0.354 e. The van der Waals surface area contributed by atoms with Crippen LogP contribution in [-0.2, 0) is 19.6 Å². The van der Waals surface area contributed by atoms with Crippen molar-refractivity contribution in [2.24, 2.45) is 0 Å². The highest BCUT2D eigenvalue weighted by molar-refractivity contribution is 9.10. The van der Waals surface area contributed by atoms with Crippen molar-refractivity contribution in [3.63, 3.8) is 0 Å². The molecule has 0 bridgehead atoms. The van der Waals surface area contributed by atoms with E-state index in [1.54, 1.807) is 6.92 Å². The van der Waals surface area contributed by atoms with Crippen LogP contribution in [-0.4, -0.2) is 49.4 Å². The predicted molar refractivity (Wildman–Crippen MR) is 109 cm³/mol. The molecule has 0 aliphatic carbocycles. The van der Waals surface area contributed by atoms with Gasteiger partial charge in [-0.2, -0.15) is 4.31 Å². The van der Waals surface area contributed by atoms with Gasteiger partial charge in [0.25, 0.3) is 0 Å². The monoisotopic (exact) mass is 459 g/mol. The molecule has 0 radical (unpaired) electrons. The van der Waals surface area contributed by atoms with E-state index in [0.717, 1.165) is 10.0 Å². The van der Waals surface area contributed by atoms with Crippen LogP contribution in [0.2, 0.25) is 0 Å². The molecule has 2 N–H and O–H groups in total. The van der Waals surface area contributed by atoms with Crippen molar-refractivity contribution in [2.45, 2.75) is 45.6 Å². The van der Waals surface area contributed by atoms with Crippen LogP contribution in [0, 0.1) is 6.92 Å². The molecule has 1 aliphatic heterocycles. The number of anilines is 1. The summed E-state index contributed by atoms with van der Waals surface area (Å²) in [6.07, 6.45) is 1.82. The molecule has 27 heavy (non-hydrogen) atoms. The maximum Gasteiger partial charge on any atom is 0.238 e. The van der Waals surface area contributed by atoms with E-state index >= 15 is 0 Å². The van der Waals surface area contributed by atoms with E-state index in [1.165, 1.54) is 4.31 Å². The fraction of sp³-hybridized carbons (Fsp3) is 0.556. The lowest BCUT2D eigenvalue weighted by atomic mass is 10.2. The number of halogens is 1. The fourth-order valence-corrected chi connectivity index (χ4v) is 5.18. The van der Waals surface area contributed by atoms with Gasteiger partial charge >= 0.3 is 0 Å². The highest BCUT2D eigenvalue weighted by Crippen LogP contribution is 2.22. The summed E-state index contributed by atoms with van der Waals surface area (Å²) in [7, 11) is -3.41. The van der Waals surface area contributed by atoms with Gasteiger partial charge < -0.3 is 10.6 Å². The van der Waals surface area contributed by atoms with Gasteiger partial charge in [-0.3, -0.25) is 9.59 Å². The zero-order valence-corrected chi connectivity index (χ0v) is 18.0.